The lowest BCUT2D eigenvalue weighted by Crippen LogP contribution is -2.60. The highest BCUT2D eigenvalue weighted by atomic mass is 32.1. The SMILES string of the molecule is CC(C)(NC(=O)[C@@H](S)C1CCOCC1)C(=O)N[C@@H](COCc1ccccc1)C(=O)O. The average Bonchev–Trinajstić information content (AvgIpc) is 2.73. The number of hydrogen-bond acceptors (Lipinski definition) is 6. The van der Waals surface area contributed by atoms with Crippen LogP contribution in [0.15, 0.2) is 30.3 Å². The van der Waals surface area contributed by atoms with Gasteiger partial charge in [-0.1, -0.05) is 30.3 Å². The minimum absolute atomic E-state index is 0.0686. The van der Waals surface area contributed by atoms with Crippen molar-refractivity contribution in [1.29, 1.82) is 0 Å². The predicted molar refractivity (Wildman–Crippen MR) is 114 cm³/mol. The minimum Gasteiger partial charge on any atom is -0.480 e. The molecule has 0 spiro atoms. The van der Waals surface area contributed by atoms with Crippen LogP contribution in [0.1, 0.15) is 32.3 Å². The number of carboxylic acids is 1. The highest BCUT2D eigenvalue weighted by Gasteiger charge is 2.36. The molecule has 0 aliphatic carbocycles. The first-order valence-corrected chi connectivity index (χ1v) is 10.5. The summed E-state index contributed by atoms with van der Waals surface area (Å²) in [6.07, 6.45) is 1.46. The molecule has 8 nitrogen and oxygen atoms in total. The van der Waals surface area contributed by atoms with Crippen LogP contribution in [0.4, 0.5) is 0 Å². The predicted octanol–water partition coefficient (Wildman–Crippen LogP) is 1.39. The molecule has 2 rings (SSSR count). The molecule has 1 aliphatic rings. The van der Waals surface area contributed by atoms with Gasteiger partial charge in [0, 0.05) is 13.2 Å². The summed E-state index contributed by atoms with van der Waals surface area (Å²) in [4.78, 5) is 36.8. The second-order valence-electron chi connectivity index (χ2n) is 7.87. The van der Waals surface area contributed by atoms with Crippen molar-refractivity contribution in [2.75, 3.05) is 19.8 Å². The van der Waals surface area contributed by atoms with Gasteiger partial charge in [-0.05, 0) is 38.2 Å². The highest BCUT2D eigenvalue weighted by Crippen LogP contribution is 2.23. The van der Waals surface area contributed by atoms with Crippen LogP contribution in [0.3, 0.4) is 0 Å². The maximum atomic E-state index is 12.7. The first-order valence-electron chi connectivity index (χ1n) is 9.94. The van der Waals surface area contributed by atoms with Crippen molar-refractivity contribution in [2.45, 2.75) is 50.1 Å². The molecular weight excluding hydrogens is 408 g/mol. The van der Waals surface area contributed by atoms with E-state index < -0.39 is 28.7 Å². The average molecular weight is 439 g/mol. The van der Waals surface area contributed by atoms with E-state index in [0.29, 0.717) is 13.2 Å². The molecule has 0 saturated carbocycles. The van der Waals surface area contributed by atoms with Crippen LogP contribution in [-0.4, -0.2) is 59.5 Å². The second-order valence-corrected chi connectivity index (χ2v) is 8.43. The zero-order chi connectivity index (χ0) is 22.1. The number of aliphatic carboxylic acids is 1. The molecule has 1 saturated heterocycles. The summed E-state index contributed by atoms with van der Waals surface area (Å²) >= 11 is 4.42. The van der Waals surface area contributed by atoms with Gasteiger partial charge in [-0.2, -0.15) is 12.6 Å². The van der Waals surface area contributed by atoms with Gasteiger partial charge in [-0.15, -0.1) is 0 Å². The number of hydrogen-bond donors (Lipinski definition) is 4. The standard InChI is InChI=1S/C21H30N2O6S/c1-21(2,23-18(24)17(30)15-8-10-28-11-9-15)20(27)22-16(19(25)26)13-29-12-14-6-4-3-5-7-14/h3-7,15-17,30H,8-13H2,1-2H3,(H,22,27)(H,23,24)(H,25,26)/t16-,17-/m0/s1. The maximum absolute atomic E-state index is 12.7. The molecule has 0 unspecified atom stereocenters. The van der Waals surface area contributed by atoms with E-state index in [-0.39, 0.29) is 25.0 Å². The Morgan fingerprint density at radius 2 is 1.87 bits per heavy atom. The number of carbonyl (C=O) groups excluding carboxylic acids is 2. The monoisotopic (exact) mass is 438 g/mol. The van der Waals surface area contributed by atoms with Crippen LogP contribution in [0.5, 0.6) is 0 Å². The van der Waals surface area contributed by atoms with Crippen molar-refractivity contribution in [1.82, 2.24) is 10.6 Å². The Morgan fingerprint density at radius 3 is 2.47 bits per heavy atom. The van der Waals surface area contributed by atoms with E-state index >= 15 is 0 Å². The quantitative estimate of drug-likeness (QED) is 0.411. The molecule has 2 amide bonds. The Balaban J connectivity index is 1.87. The molecule has 1 aliphatic heterocycles. The zero-order valence-corrected chi connectivity index (χ0v) is 18.2. The molecule has 166 valence electrons. The minimum atomic E-state index is -1.31. The van der Waals surface area contributed by atoms with Crippen LogP contribution < -0.4 is 10.6 Å². The highest BCUT2D eigenvalue weighted by molar-refractivity contribution is 7.81. The molecule has 0 aromatic heterocycles. The van der Waals surface area contributed by atoms with Crippen LogP contribution in [-0.2, 0) is 30.5 Å². The summed E-state index contributed by atoms with van der Waals surface area (Å²) in [5, 5.41) is 14.0. The summed E-state index contributed by atoms with van der Waals surface area (Å²) in [5.41, 5.74) is -0.412. The van der Waals surface area contributed by atoms with Crippen LogP contribution in [0, 0.1) is 5.92 Å². The Morgan fingerprint density at radius 1 is 1.23 bits per heavy atom. The molecule has 1 aromatic carbocycles. The van der Waals surface area contributed by atoms with E-state index in [0.717, 1.165) is 18.4 Å². The fourth-order valence-electron chi connectivity index (χ4n) is 3.07. The fraction of sp³-hybridized carbons (Fsp3) is 0.571. The maximum Gasteiger partial charge on any atom is 0.328 e. The topological polar surface area (TPSA) is 114 Å². The summed E-state index contributed by atoms with van der Waals surface area (Å²) in [6, 6.07) is 8.07. The van der Waals surface area contributed by atoms with Gasteiger partial charge in [0.2, 0.25) is 11.8 Å². The summed E-state index contributed by atoms with van der Waals surface area (Å²) in [7, 11) is 0. The third-order valence-corrected chi connectivity index (χ3v) is 5.64. The first kappa shape index (κ1) is 24.2. The van der Waals surface area contributed by atoms with Crippen molar-refractivity contribution < 1.29 is 29.0 Å². The summed E-state index contributed by atoms with van der Waals surface area (Å²) in [5.74, 6) is -2.12. The number of ether oxygens (including phenoxy) is 2. The van der Waals surface area contributed by atoms with E-state index in [1.54, 1.807) is 0 Å². The van der Waals surface area contributed by atoms with Crippen LogP contribution >= 0.6 is 12.6 Å². The van der Waals surface area contributed by atoms with Crippen molar-refractivity contribution in [2.24, 2.45) is 5.92 Å². The smallest absolute Gasteiger partial charge is 0.328 e. The molecule has 1 fully saturated rings. The molecule has 3 N–H and O–H groups in total. The number of amides is 2. The number of rotatable bonds is 10. The molecule has 0 radical (unpaired) electrons. The van der Waals surface area contributed by atoms with E-state index in [9.17, 15) is 19.5 Å². The van der Waals surface area contributed by atoms with Crippen LogP contribution in [0.2, 0.25) is 0 Å². The van der Waals surface area contributed by atoms with Crippen LogP contribution in [0.25, 0.3) is 0 Å². The summed E-state index contributed by atoms with van der Waals surface area (Å²) in [6.45, 7) is 4.25. The number of carbonyl (C=O) groups is 3. The molecule has 30 heavy (non-hydrogen) atoms. The van der Waals surface area contributed by atoms with Gasteiger partial charge in [0.05, 0.1) is 18.5 Å². The lowest BCUT2D eigenvalue weighted by Gasteiger charge is -2.31. The Bertz CT molecular complexity index is 721. The molecule has 1 heterocycles. The zero-order valence-electron chi connectivity index (χ0n) is 17.3. The summed E-state index contributed by atoms with van der Waals surface area (Å²) < 4.78 is 10.7. The normalized spacial score (nSPS) is 17.0. The van der Waals surface area contributed by atoms with Crippen molar-refractivity contribution >= 4 is 30.4 Å². The van der Waals surface area contributed by atoms with Crippen molar-refractivity contribution in [3.05, 3.63) is 35.9 Å². The first-order chi connectivity index (χ1) is 14.2. The Hall–Kier alpha value is -2.10. The van der Waals surface area contributed by atoms with Gasteiger partial charge in [0.15, 0.2) is 6.04 Å². The van der Waals surface area contributed by atoms with Gasteiger partial charge in [0.1, 0.15) is 5.54 Å². The third kappa shape index (κ3) is 7.30. The number of nitrogens with one attached hydrogen (secondary N) is 2. The van der Waals surface area contributed by atoms with Gasteiger partial charge in [0.25, 0.3) is 0 Å². The molecular formula is C21H30N2O6S. The Kier molecular flexibility index (Phi) is 9.13. The number of benzene rings is 1. The van der Waals surface area contributed by atoms with Crippen molar-refractivity contribution in [3.63, 3.8) is 0 Å². The molecule has 1 aromatic rings. The van der Waals surface area contributed by atoms with Gasteiger partial charge in [-0.3, -0.25) is 9.59 Å². The fourth-order valence-corrected chi connectivity index (χ4v) is 3.43. The number of thiol groups is 1. The van der Waals surface area contributed by atoms with E-state index in [4.69, 9.17) is 9.47 Å². The second kappa shape index (κ2) is 11.3. The van der Waals surface area contributed by atoms with Gasteiger partial charge in [-0.25, -0.2) is 4.79 Å². The molecule has 2 atom stereocenters. The number of carboxylic acid groups (broad SMARTS) is 1. The van der Waals surface area contributed by atoms with E-state index in [2.05, 4.69) is 23.3 Å². The third-order valence-electron chi connectivity index (χ3n) is 4.98. The lowest BCUT2D eigenvalue weighted by atomic mass is 9.94. The molecule has 9 heteroatoms. The van der Waals surface area contributed by atoms with E-state index in [1.807, 2.05) is 30.3 Å². The van der Waals surface area contributed by atoms with Crippen molar-refractivity contribution in [3.8, 4) is 0 Å². The largest absolute Gasteiger partial charge is 0.480 e. The molecule has 0 bridgehead atoms. The van der Waals surface area contributed by atoms with E-state index in [1.165, 1.54) is 13.8 Å². The van der Waals surface area contributed by atoms with Gasteiger partial charge >= 0.3 is 5.97 Å². The van der Waals surface area contributed by atoms with Gasteiger partial charge < -0.3 is 25.2 Å². The Labute approximate surface area is 182 Å². The lowest BCUT2D eigenvalue weighted by molar-refractivity contribution is -0.145.